The predicted molar refractivity (Wildman–Crippen MR) is 68.5 cm³/mol. The smallest absolute Gasteiger partial charge is 0.255 e. The third-order valence-electron chi connectivity index (χ3n) is 3.91. The molecule has 18 heavy (non-hydrogen) atoms. The van der Waals surface area contributed by atoms with Gasteiger partial charge in [-0.05, 0) is 36.0 Å². The molecule has 1 saturated carbocycles. The second-order valence-electron chi connectivity index (χ2n) is 5.26. The number of ether oxygens (including phenoxy) is 1. The van der Waals surface area contributed by atoms with E-state index in [4.69, 9.17) is 10.5 Å². The molecule has 0 saturated heterocycles. The summed E-state index contributed by atoms with van der Waals surface area (Å²) in [7, 11) is 0. The average Bonchev–Trinajstić information content (AvgIpc) is 3.12. The summed E-state index contributed by atoms with van der Waals surface area (Å²) >= 11 is 0. The first-order valence-corrected chi connectivity index (χ1v) is 6.47. The minimum absolute atomic E-state index is 0.0290. The van der Waals surface area contributed by atoms with Crippen molar-refractivity contribution in [2.75, 3.05) is 13.2 Å². The Balaban J connectivity index is 1.91. The second-order valence-corrected chi connectivity index (χ2v) is 5.26. The van der Waals surface area contributed by atoms with E-state index in [9.17, 15) is 4.79 Å². The highest BCUT2D eigenvalue weighted by Crippen LogP contribution is 2.46. The number of nitrogens with two attached hydrogens (primary N) is 1. The van der Waals surface area contributed by atoms with Crippen LogP contribution in [0.5, 0.6) is 5.75 Å². The van der Waals surface area contributed by atoms with Gasteiger partial charge in [0.05, 0.1) is 12.1 Å². The molecular formula is C14H18N2O2. The van der Waals surface area contributed by atoms with E-state index in [0.717, 1.165) is 5.56 Å². The molecule has 1 heterocycles. The van der Waals surface area contributed by atoms with E-state index in [0.29, 0.717) is 36.3 Å². The zero-order valence-electron chi connectivity index (χ0n) is 10.5. The molecule has 96 valence electrons. The van der Waals surface area contributed by atoms with Gasteiger partial charge in [-0.3, -0.25) is 4.79 Å². The number of fused-ring (bicyclic) bond motifs is 1. The third-order valence-corrected chi connectivity index (χ3v) is 3.91. The van der Waals surface area contributed by atoms with Crippen LogP contribution in [0.15, 0.2) is 18.2 Å². The van der Waals surface area contributed by atoms with Gasteiger partial charge < -0.3 is 15.8 Å². The Kier molecular flexibility index (Phi) is 2.74. The molecule has 3 N–H and O–H groups in total. The Morgan fingerprint density at radius 2 is 2.28 bits per heavy atom. The number of amides is 1. The molecule has 2 aliphatic rings. The highest BCUT2D eigenvalue weighted by Gasteiger charge is 2.38. The number of hydrogen-bond acceptors (Lipinski definition) is 3. The van der Waals surface area contributed by atoms with E-state index in [-0.39, 0.29) is 11.9 Å². The highest BCUT2D eigenvalue weighted by atomic mass is 16.5. The van der Waals surface area contributed by atoms with E-state index < -0.39 is 0 Å². The summed E-state index contributed by atoms with van der Waals surface area (Å²) in [6.07, 6.45) is 1.18. The molecule has 0 aromatic heterocycles. The zero-order chi connectivity index (χ0) is 12.7. The third kappa shape index (κ3) is 1.97. The summed E-state index contributed by atoms with van der Waals surface area (Å²) in [5.74, 6) is 1.84. The van der Waals surface area contributed by atoms with Gasteiger partial charge in [0.25, 0.3) is 5.91 Å². The molecule has 0 spiro atoms. The fourth-order valence-corrected chi connectivity index (χ4v) is 2.58. The molecule has 1 amide bonds. The molecule has 4 nitrogen and oxygen atoms in total. The summed E-state index contributed by atoms with van der Waals surface area (Å²) in [4.78, 5) is 11.9. The Labute approximate surface area is 107 Å². The number of carbonyl (C=O) groups excluding carboxylic acids is 1. The molecule has 1 aliphatic carbocycles. The van der Waals surface area contributed by atoms with Crippen LogP contribution >= 0.6 is 0 Å². The van der Waals surface area contributed by atoms with Gasteiger partial charge in [-0.2, -0.15) is 0 Å². The first kappa shape index (κ1) is 11.5. The lowest BCUT2D eigenvalue weighted by Gasteiger charge is -2.14. The Morgan fingerprint density at radius 3 is 3.00 bits per heavy atom. The predicted octanol–water partition coefficient (Wildman–Crippen LogP) is 1.46. The van der Waals surface area contributed by atoms with Gasteiger partial charge in [-0.1, -0.05) is 13.0 Å². The lowest BCUT2D eigenvalue weighted by Crippen LogP contribution is -2.24. The molecule has 3 rings (SSSR count). The van der Waals surface area contributed by atoms with Crippen molar-refractivity contribution < 1.29 is 9.53 Å². The van der Waals surface area contributed by atoms with E-state index >= 15 is 0 Å². The fourth-order valence-electron chi connectivity index (χ4n) is 2.58. The average molecular weight is 246 g/mol. The van der Waals surface area contributed by atoms with Crippen LogP contribution in [0.3, 0.4) is 0 Å². The van der Waals surface area contributed by atoms with E-state index in [1.165, 1.54) is 6.42 Å². The number of benzene rings is 1. The summed E-state index contributed by atoms with van der Waals surface area (Å²) in [6, 6.07) is 5.75. The highest BCUT2D eigenvalue weighted by molar-refractivity contribution is 5.97. The normalized spacial score (nSPS) is 27.6. The van der Waals surface area contributed by atoms with E-state index in [2.05, 4.69) is 12.2 Å². The number of carbonyl (C=O) groups is 1. The minimum Gasteiger partial charge on any atom is -0.491 e. The Hall–Kier alpha value is -1.55. The molecule has 0 radical (unpaired) electrons. The SMILES string of the molecule is CC1CC1C(N)c1ccc2c(c1)C(=O)NCCO2. The number of rotatable bonds is 2. The molecule has 1 aromatic rings. The summed E-state index contributed by atoms with van der Waals surface area (Å²) in [5.41, 5.74) is 7.87. The van der Waals surface area contributed by atoms with Crippen molar-refractivity contribution in [3.63, 3.8) is 0 Å². The van der Waals surface area contributed by atoms with Crippen LogP contribution in [0.2, 0.25) is 0 Å². The van der Waals surface area contributed by atoms with Crippen molar-refractivity contribution >= 4 is 5.91 Å². The van der Waals surface area contributed by atoms with Gasteiger partial charge >= 0.3 is 0 Å². The maximum Gasteiger partial charge on any atom is 0.255 e. The van der Waals surface area contributed by atoms with Crippen molar-refractivity contribution in [2.24, 2.45) is 17.6 Å². The quantitative estimate of drug-likeness (QED) is 0.830. The molecule has 1 fully saturated rings. The molecule has 0 bridgehead atoms. The van der Waals surface area contributed by atoms with Crippen molar-refractivity contribution in [1.82, 2.24) is 5.32 Å². The first-order chi connectivity index (χ1) is 8.66. The van der Waals surface area contributed by atoms with Crippen molar-refractivity contribution in [3.8, 4) is 5.75 Å². The van der Waals surface area contributed by atoms with Crippen molar-refractivity contribution in [3.05, 3.63) is 29.3 Å². The Bertz CT molecular complexity index is 487. The largest absolute Gasteiger partial charge is 0.491 e. The van der Waals surface area contributed by atoms with E-state index in [1.807, 2.05) is 18.2 Å². The van der Waals surface area contributed by atoms with E-state index in [1.54, 1.807) is 0 Å². The molecule has 4 heteroatoms. The van der Waals surface area contributed by atoms with Crippen LogP contribution in [0, 0.1) is 11.8 Å². The molecule has 1 aromatic carbocycles. The summed E-state index contributed by atoms with van der Waals surface area (Å²) < 4.78 is 5.53. The fraction of sp³-hybridized carbons (Fsp3) is 0.500. The van der Waals surface area contributed by atoms with Gasteiger partial charge in [-0.25, -0.2) is 0 Å². The maximum atomic E-state index is 11.9. The molecule has 3 unspecified atom stereocenters. The van der Waals surface area contributed by atoms with Crippen molar-refractivity contribution in [1.29, 1.82) is 0 Å². The van der Waals surface area contributed by atoms with Crippen LogP contribution in [0.1, 0.15) is 35.3 Å². The van der Waals surface area contributed by atoms with Crippen LogP contribution in [0.25, 0.3) is 0 Å². The Morgan fingerprint density at radius 1 is 1.50 bits per heavy atom. The molecule has 1 aliphatic heterocycles. The minimum atomic E-state index is -0.0691. The molecule has 3 atom stereocenters. The van der Waals surface area contributed by atoms with Crippen molar-refractivity contribution in [2.45, 2.75) is 19.4 Å². The zero-order valence-corrected chi connectivity index (χ0v) is 10.5. The van der Waals surface area contributed by atoms with Gasteiger partial charge in [0.1, 0.15) is 12.4 Å². The lowest BCUT2D eigenvalue weighted by molar-refractivity contribution is 0.0957. The standard InChI is InChI=1S/C14H18N2O2/c1-8-6-10(8)13(15)9-2-3-12-11(7-9)14(17)16-4-5-18-12/h2-3,7-8,10,13H,4-6,15H2,1H3,(H,16,17). The van der Waals surface area contributed by atoms with Crippen LogP contribution < -0.4 is 15.8 Å². The van der Waals surface area contributed by atoms with Crippen LogP contribution in [-0.4, -0.2) is 19.1 Å². The maximum absolute atomic E-state index is 11.9. The summed E-state index contributed by atoms with van der Waals surface area (Å²) in [5, 5.41) is 2.82. The van der Waals surface area contributed by atoms with Gasteiger partial charge in [0.15, 0.2) is 0 Å². The number of hydrogen-bond donors (Lipinski definition) is 2. The van der Waals surface area contributed by atoms with Gasteiger partial charge in [-0.15, -0.1) is 0 Å². The van der Waals surface area contributed by atoms with Crippen LogP contribution in [-0.2, 0) is 0 Å². The molecular weight excluding hydrogens is 228 g/mol. The van der Waals surface area contributed by atoms with Gasteiger partial charge in [0.2, 0.25) is 0 Å². The first-order valence-electron chi connectivity index (χ1n) is 6.47. The number of nitrogens with one attached hydrogen (secondary N) is 1. The second kappa shape index (κ2) is 4.28. The van der Waals surface area contributed by atoms with Gasteiger partial charge in [0, 0.05) is 6.04 Å². The monoisotopic (exact) mass is 246 g/mol. The lowest BCUT2D eigenvalue weighted by atomic mass is 9.99. The summed E-state index contributed by atoms with van der Waals surface area (Å²) in [6.45, 7) is 3.28. The van der Waals surface area contributed by atoms with Crippen LogP contribution in [0.4, 0.5) is 0 Å². The topological polar surface area (TPSA) is 64.4 Å².